The second-order valence-corrected chi connectivity index (χ2v) is 6.87. The predicted molar refractivity (Wildman–Crippen MR) is 111 cm³/mol. The van der Waals surface area contributed by atoms with Crippen molar-refractivity contribution >= 4 is 11.7 Å². The maximum absolute atomic E-state index is 12.9. The fourth-order valence-electron chi connectivity index (χ4n) is 2.96. The molecule has 2 aromatic heterocycles. The Hall–Kier alpha value is -4.14. The first-order valence-electron chi connectivity index (χ1n) is 9.56. The van der Waals surface area contributed by atoms with Gasteiger partial charge in [-0.1, -0.05) is 18.2 Å². The number of nitrogens with zero attached hydrogens (tertiary/aromatic N) is 3. The second-order valence-electron chi connectivity index (χ2n) is 6.87. The van der Waals surface area contributed by atoms with Gasteiger partial charge in [-0.25, -0.2) is 0 Å². The van der Waals surface area contributed by atoms with E-state index in [1.54, 1.807) is 47.5 Å². The smallest absolute Gasteiger partial charge is 0.416 e. The summed E-state index contributed by atoms with van der Waals surface area (Å²) in [6.07, 6.45) is 0.677. The van der Waals surface area contributed by atoms with Gasteiger partial charge in [0.05, 0.1) is 12.1 Å². The molecule has 2 heterocycles. The van der Waals surface area contributed by atoms with Crippen molar-refractivity contribution in [3.8, 4) is 11.5 Å². The lowest BCUT2D eigenvalue weighted by Crippen LogP contribution is -2.13. The molecule has 0 radical (unpaired) electrons. The van der Waals surface area contributed by atoms with Crippen molar-refractivity contribution in [2.75, 3.05) is 5.32 Å². The van der Waals surface area contributed by atoms with E-state index in [0.717, 1.165) is 17.7 Å². The molecule has 162 valence electrons. The van der Waals surface area contributed by atoms with E-state index in [-0.39, 0.29) is 17.1 Å². The summed E-state index contributed by atoms with van der Waals surface area (Å²) < 4.78 is 45.9. The van der Waals surface area contributed by atoms with E-state index < -0.39 is 17.6 Å². The molecule has 32 heavy (non-hydrogen) atoms. The highest BCUT2D eigenvalue weighted by atomic mass is 19.4. The summed E-state index contributed by atoms with van der Waals surface area (Å²) in [6.45, 7) is 0.504. The Kier molecular flexibility index (Phi) is 5.89. The highest BCUT2D eigenvalue weighted by molar-refractivity contribution is 6.03. The van der Waals surface area contributed by atoms with Crippen LogP contribution in [0.25, 0.3) is 0 Å². The minimum Gasteiger partial charge on any atom is -0.457 e. The summed E-state index contributed by atoms with van der Waals surface area (Å²) in [5, 5.41) is 7.01. The largest absolute Gasteiger partial charge is 0.457 e. The number of carbonyl (C=O) groups excluding carboxylic acids is 1. The number of anilines is 1. The Morgan fingerprint density at radius 1 is 1.00 bits per heavy atom. The minimum absolute atomic E-state index is 0.0199. The van der Waals surface area contributed by atoms with Gasteiger partial charge < -0.3 is 10.1 Å². The molecule has 0 aliphatic heterocycles. The number of benzene rings is 2. The first-order valence-corrected chi connectivity index (χ1v) is 9.56. The lowest BCUT2D eigenvalue weighted by atomic mass is 10.2. The van der Waals surface area contributed by atoms with E-state index in [1.807, 2.05) is 12.1 Å². The molecular formula is C23H17F3N4O2. The number of pyridine rings is 1. The minimum atomic E-state index is -4.47. The number of alkyl halides is 3. The zero-order valence-electron chi connectivity index (χ0n) is 16.6. The van der Waals surface area contributed by atoms with Gasteiger partial charge in [-0.2, -0.15) is 18.3 Å². The van der Waals surface area contributed by atoms with Crippen LogP contribution < -0.4 is 10.1 Å². The number of hydrogen-bond acceptors (Lipinski definition) is 4. The zero-order chi connectivity index (χ0) is 22.6. The SMILES string of the molecule is O=C(Nc1ccn(Cc2cccnc2)n1)c1cccc(Oc2cccc(C(F)(F)F)c2)c1. The molecule has 0 aliphatic carbocycles. The van der Waals surface area contributed by atoms with Crippen molar-refractivity contribution in [3.05, 3.63) is 102 Å². The van der Waals surface area contributed by atoms with Crippen LogP contribution >= 0.6 is 0 Å². The first kappa shape index (κ1) is 21.1. The normalized spacial score (nSPS) is 11.2. The van der Waals surface area contributed by atoms with Gasteiger partial charge in [-0.05, 0) is 48.0 Å². The maximum atomic E-state index is 12.9. The summed E-state index contributed by atoms with van der Waals surface area (Å²) in [5.41, 5.74) is 0.426. The van der Waals surface area contributed by atoms with Gasteiger partial charge in [-0.3, -0.25) is 14.5 Å². The molecule has 0 fully saturated rings. The highest BCUT2D eigenvalue weighted by Crippen LogP contribution is 2.32. The molecule has 1 N–H and O–H groups in total. The number of hydrogen-bond donors (Lipinski definition) is 1. The van der Waals surface area contributed by atoms with Crippen LogP contribution in [-0.4, -0.2) is 20.7 Å². The summed E-state index contributed by atoms with van der Waals surface area (Å²) in [6, 6.07) is 16.1. The molecule has 4 aromatic rings. The summed E-state index contributed by atoms with van der Waals surface area (Å²) >= 11 is 0. The van der Waals surface area contributed by atoms with Crippen molar-refractivity contribution in [2.24, 2.45) is 0 Å². The average Bonchev–Trinajstić information content (AvgIpc) is 3.21. The van der Waals surface area contributed by atoms with E-state index >= 15 is 0 Å². The summed E-state index contributed by atoms with van der Waals surface area (Å²) in [7, 11) is 0. The van der Waals surface area contributed by atoms with Crippen LogP contribution in [0.5, 0.6) is 11.5 Å². The van der Waals surface area contributed by atoms with Crippen molar-refractivity contribution in [2.45, 2.75) is 12.7 Å². The number of aromatic nitrogens is 3. The van der Waals surface area contributed by atoms with E-state index in [4.69, 9.17) is 4.74 Å². The summed E-state index contributed by atoms with van der Waals surface area (Å²) in [5.74, 6) is 0.194. The lowest BCUT2D eigenvalue weighted by Gasteiger charge is -2.10. The number of amides is 1. The third kappa shape index (κ3) is 5.31. The Morgan fingerprint density at radius 3 is 2.53 bits per heavy atom. The Labute approximate surface area is 181 Å². The van der Waals surface area contributed by atoms with Crippen LogP contribution in [0.1, 0.15) is 21.5 Å². The van der Waals surface area contributed by atoms with Gasteiger partial charge in [0.1, 0.15) is 11.5 Å². The molecule has 0 aliphatic rings. The lowest BCUT2D eigenvalue weighted by molar-refractivity contribution is -0.137. The second kappa shape index (κ2) is 8.93. The number of carbonyl (C=O) groups is 1. The number of nitrogens with one attached hydrogen (secondary N) is 1. The average molecular weight is 438 g/mol. The zero-order valence-corrected chi connectivity index (χ0v) is 16.6. The molecule has 4 rings (SSSR count). The Bertz CT molecular complexity index is 1220. The number of ether oxygens (including phenoxy) is 1. The molecule has 2 aromatic carbocycles. The van der Waals surface area contributed by atoms with Crippen LogP contribution in [0.2, 0.25) is 0 Å². The van der Waals surface area contributed by atoms with Gasteiger partial charge in [0, 0.05) is 30.2 Å². The van der Waals surface area contributed by atoms with Crippen LogP contribution in [0.4, 0.5) is 19.0 Å². The monoisotopic (exact) mass is 438 g/mol. The molecule has 0 saturated heterocycles. The van der Waals surface area contributed by atoms with Crippen LogP contribution in [-0.2, 0) is 12.7 Å². The van der Waals surface area contributed by atoms with Gasteiger partial charge >= 0.3 is 6.18 Å². The third-order valence-electron chi connectivity index (χ3n) is 4.44. The van der Waals surface area contributed by atoms with Crippen LogP contribution in [0.15, 0.2) is 85.3 Å². The van der Waals surface area contributed by atoms with E-state index in [1.165, 1.54) is 18.2 Å². The van der Waals surface area contributed by atoms with Crippen molar-refractivity contribution in [1.29, 1.82) is 0 Å². The topological polar surface area (TPSA) is 69.0 Å². The molecule has 0 saturated carbocycles. The Balaban J connectivity index is 1.43. The molecule has 0 bridgehead atoms. The van der Waals surface area contributed by atoms with Gasteiger partial charge in [0.25, 0.3) is 5.91 Å². The van der Waals surface area contributed by atoms with E-state index in [0.29, 0.717) is 12.4 Å². The molecule has 0 atom stereocenters. The van der Waals surface area contributed by atoms with E-state index in [9.17, 15) is 18.0 Å². The molecular weight excluding hydrogens is 421 g/mol. The quantitative estimate of drug-likeness (QED) is 0.438. The van der Waals surface area contributed by atoms with Crippen molar-refractivity contribution in [1.82, 2.24) is 14.8 Å². The summed E-state index contributed by atoms with van der Waals surface area (Å²) in [4.78, 5) is 16.6. The van der Waals surface area contributed by atoms with Crippen LogP contribution in [0, 0.1) is 0 Å². The maximum Gasteiger partial charge on any atom is 0.416 e. The molecule has 0 unspecified atom stereocenters. The molecule has 6 nitrogen and oxygen atoms in total. The van der Waals surface area contributed by atoms with Crippen molar-refractivity contribution < 1.29 is 22.7 Å². The number of halogens is 3. The third-order valence-corrected chi connectivity index (χ3v) is 4.44. The fraction of sp³-hybridized carbons (Fsp3) is 0.0870. The van der Waals surface area contributed by atoms with Gasteiger partial charge in [-0.15, -0.1) is 0 Å². The van der Waals surface area contributed by atoms with Crippen LogP contribution in [0.3, 0.4) is 0 Å². The molecule has 1 amide bonds. The van der Waals surface area contributed by atoms with Gasteiger partial charge in [0.2, 0.25) is 0 Å². The Morgan fingerprint density at radius 2 is 1.78 bits per heavy atom. The first-order chi connectivity index (χ1) is 15.4. The van der Waals surface area contributed by atoms with Crippen molar-refractivity contribution in [3.63, 3.8) is 0 Å². The van der Waals surface area contributed by atoms with Gasteiger partial charge in [0.15, 0.2) is 5.82 Å². The van der Waals surface area contributed by atoms with E-state index in [2.05, 4.69) is 15.4 Å². The highest BCUT2D eigenvalue weighted by Gasteiger charge is 2.30. The number of rotatable bonds is 6. The molecule has 9 heteroatoms. The predicted octanol–water partition coefficient (Wildman–Crippen LogP) is 5.39. The standard InChI is InChI=1S/C23H17F3N4O2/c24-23(25,26)18-6-2-8-20(13-18)32-19-7-1-5-17(12-19)22(31)28-21-9-11-30(29-21)15-16-4-3-10-27-14-16/h1-14H,15H2,(H,28,29,31). The molecule has 0 spiro atoms. The fourth-order valence-corrected chi connectivity index (χ4v) is 2.96.